The van der Waals surface area contributed by atoms with Gasteiger partial charge >= 0.3 is 0 Å². The number of hydrogen-bond acceptors (Lipinski definition) is 2. The molecule has 0 saturated carbocycles. The molecular formula is C5H7N2O. The Bertz CT molecular complexity index is 130. The first-order valence-electron chi connectivity index (χ1n) is 2.45. The smallest absolute Gasteiger partial charge is 0.243 e. The summed E-state index contributed by atoms with van der Waals surface area (Å²) >= 11 is 0. The van der Waals surface area contributed by atoms with E-state index in [-0.39, 0.29) is 11.8 Å². The molecule has 1 radical (unpaired) electrons. The van der Waals surface area contributed by atoms with E-state index in [2.05, 4.69) is 17.5 Å². The van der Waals surface area contributed by atoms with E-state index < -0.39 is 0 Å². The van der Waals surface area contributed by atoms with Crippen LogP contribution in [0.3, 0.4) is 0 Å². The number of carbonyl (C=O) groups is 1. The van der Waals surface area contributed by atoms with E-state index in [0.29, 0.717) is 6.42 Å². The van der Waals surface area contributed by atoms with E-state index in [4.69, 9.17) is 0 Å². The first-order chi connectivity index (χ1) is 3.80. The standard InChI is InChI=1S/C5H7N2O/c1-4-2-3-6-7-5(4)8/h3-4H,1-2H2,(H,7,8). The van der Waals surface area contributed by atoms with Crippen LogP contribution in [-0.2, 0) is 4.79 Å². The third-order valence-electron chi connectivity index (χ3n) is 1.03. The summed E-state index contributed by atoms with van der Waals surface area (Å²) in [6.45, 7) is 3.58. The highest BCUT2D eigenvalue weighted by atomic mass is 16.2. The molecule has 1 atom stereocenters. The van der Waals surface area contributed by atoms with Crippen LogP contribution in [0.4, 0.5) is 0 Å². The average molecular weight is 111 g/mol. The van der Waals surface area contributed by atoms with E-state index in [1.165, 1.54) is 0 Å². The Morgan fingerprint density at radius 1 is 2.00 bits per heavy atom. The minimum atomic E-state index is -0.146. The van der Waals surface area contributed by atoms with Crippen molar-refractivity contribution in [1.82, 2.24) is 5.43 Å². The molecule has 1 aliphatic rings. The number of hydrogen-bond donors (Lipinski definition) is 1. The zero-order valence-corrected chi connectivity index (χ0v) is 4.42. The highest BCUT2D eigenvalue weighted by molar-refractivity contribution is 5.84. The van der Waals surface area contributed by atoms with Crippen LogP contribution in [0.2, 0.25) is 0 Å². The molecule has 1 unspecified atom stereocenters. The van der Waals surface area contributed by atoms with E-state index in [9.17, 15) is 4.79 Å². The van der Waals surface area contributed by atoms with Crippen molar-refractivity contribution >= 4 is 12.1 Å². The van der Waals surface area contributed by atoms with Crippen LogP contribution in [0.25, 0.3) is 0 Å². The van der Waals surface area contributed by atoms with E-state index in [1.807, 2.05) is 0 Å². The fourth-order valence-corrected chi connectivity index (χ4v) is 0.488. The summed E-state index contributed by atoms with van der Waals surface area (Å²) in [6.07, 6.45) is 2.31. The molecule has 0 aromatic rings. The lowest BCUT2D eigenvalue weighted by atomic mass is 10.1. The topological polar surface area (TPSA) is 41.5 Å². The van der Waals surface area contributed by atoms with Gasteiger partial charge in [0, 0.05) is 12.1 Å². The fraction of sp³-hybridized carbons (Fsp3) is 0.400. The Morgan fingerprint density at radius 2 is 2.75 bits per heavy atom. The van der Waals surface area contributed by atoms with Crippen LogP contribution in [0, 0.1) is 12.8 Å². The second-order valence-electron chi connectivity index (χ2n) is 1.72. The summed E-state index contributed by atoms with van der Waals surface area (Å²) in [5.74, 6) is -0.236. The van der Waals surface area contributed by atoms with Crippen molar-refractivity contribution in [3.63, 3.8) is 0 Å². The molecule has 0 aromatic carbocycles. The maximum Gasteiger partial charge on any atom is 0.243 e. The first kappa shape index (κ1) is 5.28. The molecule has 1 amide bonds. The third-order valence-corrected chi connectivity index (χ3v) is 1.03. The van der Waals surface area contributed by atoms with Gasteiger partial charge in [-0.2, -0.15) is 5.10 Å². The Kier molecular flexibility index (Phi) is 1.28. The van der Waals surface area contributed by atoms with Gasteiger partial charge < -0.3 is 0 Å². The fourth-order valence-electron chi connectivity index (χ4n) is 0.488. The van der Waals surface area contributed by atoms with Gasteiger partial charge in [0.25, 0.3) is 0 Å². The van der Waals surface area contributed by atoms with Crippen LogP contribution in [0.15, 0.2) is 5.10 Å². The van der Waals surface area contributed by atoms with Gasteiger partial charge in [-0.05, 0) is 13.3 Å². The number of nitrogens with one attached hydrogen (secondary N) is 1. The van der Waals surface area contributed by atoms with Crippen LogP contribution in [0.1, 0.15) is 6.42 Å². The normalized spacial score (nSPS) is 27.6. The predicted molar refractivity (Wildman–Crippen MR) is 30.1 cm³/mol. The molecule has 8 heavy (non-hydrogen) atoms. The second kappa shape index (κ2) is 1.94. The number of nitrogens with zero attached hydrogens (tertiary/aromatic N) is 1. The SMILES string of the molecule is [CH2]C1CC=NNC1=O. The van der Waals surface area contributed by atoms with Crippen molar-refractivity contribution in [2.24, 2.45) is 11.0 Å². The molecule has 0 bridgehead atoms. The highest BCUT2D eigenvalue weighted by Gasteiger charge is 2.13. The van der Waals surface area contributed by atoms with Crippen LogP contribution >= 0.6 is 0 Å². The average Bonchev–Trinajstić information content (AvgIpc) is 1.77. The molecule has 0 saturated heterocycles. The van der Waals surface area contributed by atoms with Gasteiger partial charge in [0.1, 0.15) is 0 Å². The summed E-state index contributed by atoms with van der Waals surface area (Å²) in [6, 6.07) is 0. The largest absolute Gasteiger partial charge is 0.273 e. The van der Waals surface area contributed by atoms with Crippen molar-refractivity contribution in [3.05, 3.63) is 6.92 Å². The number of carbonyl (C=O) groups excluding carboxylic acids is 1. The molecule has 1 rings (SSSR count). The van der Waals surface area contributed by atoms with Crippen LogP contribution in [0.5, 0.6) is 0 Å². The maximum atomic E-state index is 10.5. The van der Waals surface area contributed by atoms with Crippen molar-refractivity contribution < 1.29 is 4.79 Å². The van der Waals surface area contributed by atoms with Crippen molar-refractivity contribution in [2.75, 3.05) is 0 Å². The maximum absolute atomic E-state index is 10.5. The van der Waals surface area contributed by atoms with Gasteiger partial charge in [0.15, 0.2) is 0 Å². The van der Waals surface area contributed by atoms with Crippen LogP contribution < -0.4 is 5.43 Å². The highest BCUT2D eigenvalue weighted by Crippen LogP contribution is 2.00. The van der Waals surface area contributed by atoms with E-state index >= 15 is 0 Å². The van der Waals surface area contributed by atoms with Crippen molar-refractivity contribution in [2.45, 2.75) is 6.42 Å². The summed E-state index contributed by atoms with van der Waals surface area (Å²) in [7, 11) is 0. The van der Waals surface area contributed by atoms with Crippen molar-refractivity contribution in [1.29, 1.82) is 0 Å². The number of hydrazone groups is 1. The van der Waals surface area contributed by atoms with E-state index in [0.717, 1.165) is 0 Å². The van der Waals surface area contributed by atoms with Gasteiger partial charge in [0.05, 0.1) is 0 Å². The Hall–Kier alpha value is -0.860. The monoisotopic (exact) mass is 111 g/mol. The summed E-state index contributed by atoms with van der Waals surface area (Å²) < 4.78 is 0. The summed E-state index contributed by atoms with van der Waals surface area (Å²) in [5.41, 5.74) is 2.30. The lowest BCUT2D eigenvalue weighted by molar-refractivity contribution is -0.123. The molecule has 0 aliphatic carbocycles. The number of rotatable bonds is 0. The molecule has 0 fully saturated rings. The molecule has 43 valence electrons. The molecular weight excluding hydrogens is 104 g/mol. The molecule has 1 heterocycles. The molecule has 0 spiro atoms. The summed E-state index contributed by atoms with van der Waals surface area (Å²) in [4.78, 5) is 10.5. The lowest BCUT2D eigenvalue weighted by Crippen LogP contribution is -2.28. The Balaban J connectivity index is 2.57. The zero-order valence-electron chi connectivity index (χ0n) is 4.42. The van der Waals surface area contributed by atoms with Gasteiger partial charge in [-0.3, -0.25) is 4.79 Å². The minimum absolute atomic E-state index is 0.0903. The molecule has 1 N–H and O–H groups in total. The quantitative estimate of drug-likeness (QED) is 0.467. The van der Waals surface area contributed by atoms with Gasteiger partial charge in [-0.1, -0.05) is 0 Å². The lowest BCUT2D eigenvalue weighted by Gasteiger charge is -2.09. The number of amides is 1. The molecule has 0 aromatic heterocycles. The molecule has 3 heteroatoms. The third kappa shape index (κ3) is 0.857. The zero-order chi connectivity index (χ0) is 5.98. The van der Waals surface area contributed by atoms with Gasteiger partial charge in [-0.25, -0.2) is 5.43 Å². The predicted octanol–water partition coefficient (Wildman–Crippen LogP) is -0.0576. The molecule has 1 aliphatic heterocycles. The van der Waals surface area contributed by atoms with Gasteiger partial charge in [0.2, 0.25) is 5.91 Å². The summed E-state index contributed by atoms with van der Waals surface area (Å²) in [5, 5.41) is 3.54. The van der Waals surface area contributed by atoms with Crippen LogP contribution in [-0.4, -0.2) is 12.1 Å². The first-order valence-corrected chi connectivity index (χ1v) is 2.45. The Labute approximate surface area is 47.8 Å². The Morgan fingerprint density at radius 3 is 3.12 bits per heavy atom. The molecule has 3 nitrogen and oxygen atoms in total. The van der Waals surface area contributed by atoms with Gasteiger partial charge in [-0.15, -0.1) is 0 Å². The van der Waals surface area contributed by atoms with E-state index in [1.54, 1.807) is 6.21 Å². The second-order valence-corrected chi connectivity index (χ2v) is 1.72. The minimum Gasteiger partial charge on any atom is -0.273 e. The van der Waals surface area contributed by atoms with Crippen molar-refractivity contribution in [3.8, 4) is 0 Å².